The molecule has 5 nitrogen and oxygen atoms in total. The zero-order valence-electron chi connectivity index (χ0n) is 8.27. The fourth-order valence-corrected chi connectivity index (χ4v) is 0.549. The molecule has 74 valence electrons. The summed E-state index contributed by atoms with van der Waals surface area (Å²) >= 11 is 0. The molecule has 0 aromatic heterocycles. The predicted octanol–water partition coefficient (Wildman–Crippen LogP) is 0.585. The summed E-state index contributed by atoms with van der Waals surface area (Å²) < 4.78 is 4.92. The Kier molecular flexibility index (Phi) is 5.54. The van der Waals surface area contributed by atoms with Crippen LogP contribution in [0.5, 0.6) is 0 Å². The fraction of sp³-hybridized carbons (Fsp3) is 0.500. The van der Waals surface area contributed by atoms with E-state index in [4.69, 9.17) is 4.74 Å². The third kappa shape index (κ3) is 3.71. The molecular weight excluding hydrogens is 172 g/mol. The smallest absolute Gasteiger partial charge is 0.332 e. The van der Waals surface area contributed by atoms with Gasteiger partial charge in [-0.1, -0.05) is 6.08 Å². The van der Waals surface area contributed by atoms with Crippen LogP contribution in [0.3, 0.4) is 0 Å². The van der Waals surface area contributed by atoms with Crippen LogP contribution in [0.15, 0.2) is 17.3 Å². The Morgan fingerprint density at radius 1 is 1.54 bits per heavy atom. The molecule has 0 radical (unpaired) electrons. The molecule has 5 heteroatoms. The Labute approximate surface area is 77.6 Å². The molecule has 0 saturated carbocycles. The summed E-state index contributed by atoms with van der Waals surface area (Å²) in [6.07, 6.45) is 3.04. The van der Waals surface area contributed by atoms with Crippen LogP contribution in [0.4, 0.5) is 0 Å². The Balaban J connectivity index is 4.33. The van der Waals surface area contributed by atoms with Crippen molar-refractivity contribution < 1.29 is 14.4 Å². The lowest BCUT2D eigenvalue weighted by Gasteiger charge is -2.13. The van der Waals surface area contributed by atoms with Gasteiger partial charge < -0.3 is 4.74 Å². The summed E-state index contributed by atoms with van der Waals surface area (Å²) in [5.74, 6) is -0.439. The lowest BCUT2D eigenvalue weighted by Crippen LogP contribution is -2.33. The highest BCUT2D eigenvalue weighted by Gasteiger charge is 2.16. The van der Waals surface area contributed by atoms with Gasteiger partial charge in [0.2, 0.25) is 0 Å². The standard InChI is InChI=1S/C8H14N2O3/c1-5-6-13-7(9-2)8(11)10(3)12-4/h5-6H,1-4H3/b6-5+,9-7?. The van der Waals surface area contributed by atoms with E-state index in [0.717, 1.165) is 5.06 Å². The molecule has 0 heterocycles. The van der Waals surface area contributed by atoms with Gasteiger partial charge in [-0.2, -0.15) is 0 Å². The second-order valence-electron chi connectivity index (χ2n) is 2.10. The Morgan fingerprint density at radius 2 is 2.15 bits per heavy atom. The Hall–Kier alpha value is -1.36. The van der Waals surface area contributed by atoms with Gasteiger partial charge in [-0.15, -0.1) is 0 Å². The van der Waals surface area contributed by atoms with Crippen LogP contribution in [-0.4, -0.2) is 38.1 Å². The van der Waals surface area contributed by atoms with Crippen molar-refractivity contribution in [2.45, 2.75) is 6.92 Å². The van der Waals surface area contributed by atoms with E-state index < -0.39 is 5.91 Å². The second-order valence-corrected chi connectivity index (χ2v) is 2.10. The fourth-order valence-electron chi connectivity index (χ4n) is 0.549. The maximum absolute atomic E-state index is 11.3. The molecule has 0 saturated heterocycles. The van der Waals surface area contributed by atoms with Gasteiger partial charge in [0.05, 0.1) is 13.4 Å². The maximum Gasteiger partial charge on any atom is 0.332 e. The average molecular weight is 186 g/mol. The molecule has 0 aromatic rings. The Bertz CT molecular complexity index is 223. The van der Waals surface area contributed by atoms with Crippen molar-refractivity contribution in [1.29, 1.82) is 0 Å². The van der Waals surface area contributed by atoms with Crippen LogP contribution in [0.1, 0.15) is 6.92 Å². The van der Waals surface area contributed by atoms with Crippen molar-refractivity contribution >= 4 is 11.8 Å². The molecule has 0 atom stereocenters. The highest BCUT2D eigenvalue weighted by atomic mass is 16.7. The van der Waals surface area contributed by atoms with Crippen LogP contribution >= 0.6 is 0 Å². The van der Waals surface area contributed by atoms with Gasteiger partial charge in [0.1, 0.15) is 0 Å². The summed E-state index contributed by atoms with van der Waals surface area (Å²) in [6.45, 7) is 1.78. The number of carbonyl (C=O) groups excluding carboxylic acids is 1. The lowest BCUT2D eigenvalue weighted by molar-refractivity contribution is -0.161. The SMILES string of the molecule is C/C=C/OC(=NC)C(=O)N(C)OC. The number of likely N-dealkylation sites (N-methyl/N-ethyl adjacent to an activating group) is 1. The molecule has 0 rings (SSSR count). The first-order valence-electron chi connectivity index (χ1n) is 3.74. The van der Waals surface area contributed by atoms with Crippen molar-refractivity contribution in [3.05, 3.63) is 12.3 Å². The van der Waals surface area contributed by atoms with E-state index in [1.54, 1.807) is 13.0 Å². The van der Waals surface area contributed by atoms with E-state index in [0.29, 0.717) is 0 Å². The third-order valence-corrected chi connectivity index (χ3v) is 1.26. The van der Waals surface area contributed by atoms with Crippen LogP contribution in [0, 0.1) is 0 Å². The van der Waals surface area contributed by atoms with Gasteiger partial charge in [-0.25, -0.2) is 10.1 Å². The summed E-state index contributed by atoms with van der Waals surface area (Å²) in [6, 6.07) is 0. The number of rotatable bonds is 2. The lowest BCUT2D eigenvalue weighted by atomic mass is 10.6. The molecular formula is C8H14N2O3. The van der Waals surface area contributed by atoms with Crippen LogP contribution in [0.2, 0.25) is 0 Å². The zero-order chi connectivity index (χ0) is 10.3. The summed E-state index contributed by atoms with van der Waals surface area (Å²) in [4.78, 5) is 19.7. The summed E-state index contributed by atoms with van der Waals surface area (Å²) in [5.41, 5.74) is 0. The largest absolute Gasteiger partial charge is 0.443 e. The molecule has 0 N–H and O–H groups in total. The number of nitrogens with zero attached hydrogens (tertiary/aromatic N) is 2. The van der Waals surface area contributed by atoms with E-state index >= 15 is 0 Å². The number of hydroxylamine groups is 2. The minimum absolute atomic E-state index is 0.0116. The number of carbonyl (C=O) groups is 1. The van der Waals surface area contributed by atoms with Crippen LogP contribution in [-0.2, 0) is 14.4 Å². The van der Waals surface area contributed by atoms with E-state index in [2.05, 4.69) is 9.83 Å². The summed E-state index contributed by atoms with van der Waals surface area (Å²) in [5, 5.41) is 1.03. The first-order valence-corrected chi connectivity index (χ1v) is 3.74. The number of hydrogen-bond donors (Lipinski definition) is 0. The van der Waals surface area contributed by atoms with Gasteiger partial charge in [0.25, 0.3) is 5.90 Å². The topological polar surface area (TPSA) is 51.1 Å². The Morgan fingerprint density at radius 3 is 2.54 bits per heavy atom. The molecule has 0 fully saturated rings. The second kappa shape index (κ2) is 6.19. The van der Waals surface area contributed by atoms with Gasteiger partial charge in [-0.3, -0.25) is 9.63 Å². The van der Waals surface area contributed by atoms with Crippen molar-refractivity contribution in [2.24, 2.45) is 4.99 Å². The molecule has 0 aliphatic carbocycles. The average Bonchev–Trinajstić information content (AvgIpc) is 2.17. The minimum atomic E-state index is -0.428. The number of amides is 1. The van der Waals surface area contributed by atoms with Gasteiger partial charge in [0.15, 0.2) is 0 Å². The molecule has 0 unspecified atom stereocenters. The number of allylic oxidation sites excluding steroid dienone is 1. The predicted molar refractivity (Wildman–Crippen MR) is 49.0 cm³/mol. The van der Waals surface area contributed by atoms with Crippen LogP contribution < -0.4 is 0 Å². The molecule has 0 aromatic carbocycles. The normalized spacial score (nSPS) is 11.8. The van der Waals surface area contributed by atoms with Gasteiger partial charge in [-0.05, 0) is 6.92 Å². The van der Waals surface area contributed by atoms with Crippen molar-refractivity contribution in [1.82, 2.24) is 5.06 Å². The number of hydrogen-bond acceptors (Lipinski definition) is 4. The van der Waals surface area contributed by atoms with Crippen molar-refractivity contribution in [2.75, 3.05) is 21.2 Å². The first-order chi connectivity index (χ1) is 6.17. The maximum atomic E-state index is 11.3. The molecule has 0 aliphatic heterocycles. The van der Waals surface area contributed by atoms with Crippen molar-refractivity contribution in [3.8, 4) is 0 Å². The molecule has 13 heavy (non-hydrogen) atoms. The van der Waals surface area contributed by atoms with E-state index in [1.165, 1.54) is 27.5 Å². The minimum Gasteiger partial charge on any atom is -0.443 e. The van der Waals surface area contributed by atoms with Crippen LogP contribution in [0.25, 0.3) is 0 Å². The zero-order valence-corrected chi connectivity index (χ0v) is 8.27. The molecule has 1 amide bonds. The molecule has 0 aliphatic rings. The number of ether oxygens (including phenoxy) is 1. The monoisotopic (exact) mass is 186 g/mol. The van der Waals surface area contributed by atoms with E-state index in [1.807, 2.05) is 0 Å². The number of aliphatic imine (C=N–C) groups is 1. The van der Waals surface area contributed by atoms with Crippen molar-refractivity contribution in [3.63, 3.8) is 0 Å². The van der Waals surface area contributed by atoms with Gasteiger partial charge >= 0.3 is 5.91 Å². The van der Waals surface area contributed by atoms with Gasteiger partial charge in [0, 0.05) is 14.1 Å². The van der Waals surface area contributed by atoms with E-state index in [-0.39, 0.29) is 5.90 Å². The molecule has 0 spiro atoms. The summed E-state index contributed by atoms with van der Waals surface area (Å²) in [7, 11) is 4.34. The first kappa shape index (κ1) is 11.6. The highest BCUT2D eigenvalue weighted by molar-refractivity contribution is 6.34. The quantitative estimate of drug-likeness (QED) is 0.274. The molecule has 0 bridgehead atoms. The highest BCUT2D eigenvalue weighted by Crippen LogP contribution is 1.92. The van der Waals surface area contributed by atoms with E-state index in [9.17, 15) is 4.79 Å². The third-order valence-electron chi connectivity index (χ3n) is 1.26.